The maximum absolute atomic E-state index is 12.7. The molecule has 2 rings (SSSR count). The van der Waals surface area contributed by atoms with Gasteiger partial charge in [-0.25, -0.2) is 9.36 Å². The Hall–Kier alpha value is -2.69. The molecule has 2 heterocycles. The van der Waals surface area contributed by atoms with Gasteiger partial charge in [0.05, 0.1) is 0 Å². The molecule has 0 bridgehead atoms. The van der Waals surface area contributed by atoms with Crippen molar-refractivity contribution >= 4 is 34.2 Å². The third kappa shape index (κ3) is 5.33. The Balaban J connectivity index is 2.28. The molecule has 0 aliphatic carbocycles. The third-order valence-corrected chi connectivity index (χ3v) is 5.25. The van der Waals surface area contributed by atoms with Crippen LogP contribution in [-0.4, -0.2) is 58.7 Å². The number of Topliss-reactive ketones (excluding diaryl/α,β-unsaturated/α-hetero) is 3. The van der Waals surface area contributed by atoms with Crippen LogP contribution in [0, 0.1) is 11.8 Å². The highest BCUT2D eigenvalue weighted by molar-refractivity contribution is 8.13. The number of carbonyl (C=O) groups excluding carboxylic acids is 4. The molecule has 168 valence electrons. The van der Waals surface area contributed by atoms with Gasteiger partial charge in [0, 0.05) is 31.3 Å². The van der Waals surface area contributed by atoms with Crippen LogP contribution in [0.25, 0.3) is 0 Å². The van der Waals surface area contributed by atoms with Crippen LogP contribution in [0.5, 0.6) is 0 Å². The van der Waals surface area contributed by atoms with E-state index in [1.165, 1.54) is 9.36 Å². The average molecular weight is 449 g/mol. The summed E-state index contributed by atoms with van der Waals surface area (Å²) in [5, 5.41) is 15.6. The average Bonchev–Trinajstić information content (AvgIpc) is 3.35. The van der Waals surface area contributed by atoms with E-state index in [4.69, 9.17) is 0 Å². The number of aryl methyl sites for hydroxylation is 2. The third-order valence-electron chi connectivity index (χ3n) is 4.69. The Morgan fingerprint density at radius 3 is 1.84 bits per heavy atom. The molecule has 0 atom stereocenters. The first-order valence-electron chi connectivity index (χ1n) is 10.2. The van der Waals surface area contributed by atoms with E-state index in [-0.39, 0.29) is 76.6 Å². The van der Waals surface area contributed by atoms with Crippen molar-refractivity contribution in [3.63, 3.8) is 0 Å². The van der Waals surface area contributed by atoms with Crippen LogP contribution in [0.15, 0.2) is 0 Å². The highest BCUT2D eigenvalue weighted by Crippen LogP contribution is 2.18. The standard InChI is InChI=1S/C20H28N6O4S/c1-7-13(27)14-17(20(30)31-6)26(23-21-14)10-8-9-25-16(19(29)12(4)5)15(22-24-25)18(28)11(2)3/h11-12H,7-10H2,1-6H3. The van der Waals surface area contributed by atoms with E-state index in [0.29, 0.717) is 6.42 Å². The monoisotopic (exact) mass is 448 g/mol. The van der Waals surface area contributed by atoms with Crippen LogP contribution in [0.2, 0.25) is 0 Å². The smallest absolute Gasteiger partial charge is 0.239 e. The van der Waals surface area contributed by atoms with Gasteiger partial charge in [-0.3, -0.25) is 19.2 Å². The molecule has 0 saturated carbocycles. The molecule has 0 N–H and O–H groups in total. The molecule has 2 aromatic heterocycles. The Morgan fingerprint density at radius 1 is 0.839 bits per heavy atom. The van der Waals surface area contributed by atoms with Gasteiger partial charge in [-0.05, 0) is 12.7 Å². The maximum Gasteiger partial charge on any atom is 0.239 e. The molecule has 0 aliphatic heterocycles. The highest BCUT2D eigenvalue weighted by Gasteiger charge is 2.28. The minimum Gasteiger partial charge on any atom is -0.292 e. The number of carbonyl (C=O) groups is 4. The van der Waals surface area contributed by atoms with Crippen molar-refractivity contribution in [3.05, 3.63) is 22.8 Å². The van der Waals surface area contributed by atoms with Crippen LogP contribution in [0.3, 0.4) is 0 Å². The molecule has 31 heavy (non-hydrogen) atoms. The van der Waals surface area contributed by atoms with Gasteiger partial charge >= 0.3 is 0 Å². The second kappa shape index (κ2) is 10.6. The molecule has 10 nitrogen and oxygen atoms in total. The zero-order valence-electron chi connectivity index (χ0n) is 18.7. The molecular formula is C20H28N6O4S. The molecule has 0 aliphatic rings. The van der Waals surface area contributed by atoms with Crippen LogP contribution in [0.1, 0.15) is 89.4 Å². The van der Waals surface area contributed by atoms with Crippen molar-refractivity contribution in [2.24, 2.45) is 11.8 Å². The van der Waals surface area contributed by atoms with Gasteiger partial charge in [0.25, 0.3) is 0 Å². The van der Waals surface area contributed by atoms with Crippen molar-refractivity contribution in [1.29, 1.82) is 0 Å². The first kappa shape index (κ1) is 24.6. The number of aromatic nitrogens is 6. The summed E-state index contributed by atoms with van der Waals surface area (Å²) in [5.74, 6) is -1.32. The highest BCUT2D eigenvalue weighted by atomic mass is 32.2. The largest absolute Gasteiger partial charge is 0.292 e. The molecular weight excluding hydrogens is 420 g/mol. The number of hydrogen-bond acceptors (Lipinski definition) is 9. The molecule has 0 radical (unpaired) electrons. The molecule has 2 aromatic rings. The molecule has 0 saturated heterocycles. The van der Waals surface area contributed by atoms with E-state index in [1.807, 2.05) is 0 Å². The molecule has 0 unspecified atom stereocenters. The predicted molar refractivity (Wildman–Crippen MR) is 115 cm³/mol. The molecule has 0 amide bonds. The summed E-state index contributed by atoms with van der Waals surface area (Å²) in [6.45, 7) is 9.27. The lowest BCUT2D eigenvalue weighted by atomic mass is 9.99. The lowest BCUT2D eigenvalue weighted by Crippen LogP contribution is -2.21. The second-order valence-corrected chi connectivity index (χ2v) is 8.46. The van der Waals surface area contributed by atoms with Crippen LogP contribution in [0.4, 0.5) is 0 Å². The van der Waals surface area contributed by atoms with Gasteiger partial charge < -0.3 is 0 Å². The number of ketones is 3. The van der Waals surface area contributed by atoms with Crippen molar-refractivity contribution < 1.29 is 19.2 Å². The first-order valence-corrected chi connectivity index (χ1v) is 11.4. The fraction of sp³-hybridized carbons (Fsp3) is 0.600. The molecule has 0 aromatic carbocycles. The number of thioether (sulfide) groups is 1. The van der Waals surface area contributed by atoms with Crippen LogP contribution >= 0.6 is 11.8 Å². The summed E-state index contributed by atoms with van der Waals surface area (Å²) in [4.78, 5) is 49.7. The van der Waals surface area contributed by atoms with Crippen LogP contribution < -0.4 is 0 Å². The molecule has 0 fully saturated rings. The summed E-state index contributed by atoms with van der Waals surface area (Å²) in [6, 6.07) is 0. The maximum atomic E-state index is 12.7. The van der Waals surface area contributed by atoms with Gasteiger partial charge in [-0.15, -0.1) is 10.2 Å². The Bertz CT molecular complexity index is 992. The summed E-state index contributed by atoms with van der Waals surface area (Å²) in [7, 11) is 0. The van der Waals surface area contributed by atoms with E-state index in [9.17, 15) is 19.2 Å². The fourth-order valence-corrected chi connectivity index (χ4v) is 3.32. The number of nitrogens with zero attached hydrogens (tertiary/aromatic N) is 6. The predicted octanol–water partition coefficient (Wildman–Crippen LogP) is 2.73. The van der Waals surface area contributed by atoms with Crippen LogP contribution in [-0.2, 0) is 13.1 Å². The van der Waals surface area contributed by atoms with E-state index in [1.54, 1.807) is 40.9 Å². The van der Waals surface area contributed by atoms with E-state index in [0.717, 1.165) is 11.8 Å². The van der Waals surface area contributed by atoms with Crippen molar-refractivity contribution in [2.45, 2.75) is 60.5 Å². The normalized spacial score (nSPS) is 11.4. The van der Waals surface area contributed by atoms with Gasteiger partial charge in [-0.1, -0.05) is 56.8 Å². The zero-order valence-corrected chi connectivity index (χ0v) is 19.5. The Labute approximate surface area is 185 Å². The second-order valence-electron chi connectivity index (χ2n) is 7.68. The van der Waals surface area contributed by atoms with Gasteiger partial charge in [0.2, 0.25) is 5.12 Å². The van der Waals surface area contributed by atoms with Gasteiger partial charge in [-0.2, -0.15) is 0 Å². The minimum atomic E-state index is -0.320. The summed E-state index contributed by atoms with van der Waals surface area (Å²) in [6.07, 6.45) is 2.29. The number of hydrogen-bond donors (Lipinski definition) is 0. The lowest BCUT2D eigenvalue weighted by Gasteiger charge is -2.10. The van der Waals surface area contributed by atoms with Crippen molar-refractivity contribution in [1.82, 2.24) is 30.0 Å². The molecule has 0 spiro atoms. The Kier molecular flexibility index (Phi) is 8.37. The minimum absolute atomic E-state index is 0.0723. The quantitative estimate of drug-likeness (QED) is 0.476. The summed E-state index contributed by atoms with van der Waals surface area (Å²) in [5.41, 5.74) is 0.535. The van der Waals surface area contributed by atoms with Crippen molar-refractivity contribution in [2.75, 3.05) is 6.26 Å². The zero-order chi connectivity index (χ0) is 23.3. The van der Waals surface area contributed by atoms with E-state index >= 15 is 0 Å². The lowest BCUT2D eigenvalue weighted by molar-refractivity contribution is 0.0896. The molecule has 11 heteroatoms. The SMILES string of the molecule is CCC(=O)c1nnn(CCCn2nnc(C(=O)C(C)C)c2C(=O)C(C)C)c1C(=O)SC. The summed E-state index contributed by atoms with van der Waals surface area (Å²) < 4.78 is 2.84. The van der Waals surface area contributed by atoms with E-state index < -0.39 is 0 Å². The fourth-order valence-electron chi connectivity index (χ4n) is 2.92. The van der Waals surface area contributed by atoms with Crippen molar-refractivity contribution in [3.8, 4) is 0 Å². The van der Waals surface area contributed by atoms with Gasteiger partial charge in [0.15, 0.2) is 28.7 Å². The first-order chi connectivity index (χ1) is 14.6. The Morgan fingerprint density at radius 2 is 1.35 bits per heavy atom. The number of rotatable bonds is 11. The topological polar surface area (TPSA) is 130 Å². The summed E-state index contributed by atoms with van der Waals surface area (Å²) >= 11 is 0.986. The van der Waals surface area contributed by atoms with Gasteiger partial charge in [0.1, 0.15) is 11.4 Å². The van der Waals surface area contributed by atoms with E-state index in [2.05, 4.69) is 20.6 Å².